The van der Waals surface area contributed by atoms with Crippen LogP contribution in [-0.4, -0.2) is 14.9 Å². The highest BCUT2D eigenvalue weighted by molar-refractivity contribution is 5.29. The summed E-state index contributed by atoms with van der Waals surface area (Å²) >= 11 is 0. The van der Waals surface area contributed by atoms with E-state index < -0.39 is 0 Å². The second-order valence-corrected chi connectivity index (χ2v) is 6.31. The van der Waals surface area contributed by atoms with Crippen LogP contribution >= 0.6 is 0 Å². The topological polar surface area (TPSA) is 38.0 Å². The third-order valence-corrected chi connectivity index (χ3v) is 4.77. The van der Waals surface area contributed by atoms with Gasteiger partial charge in [-0.2, -0.15) is 5.10 Å². The molecule has 1 aromatic heterocycles. The smallest absolute Gasteiger partial charge is 0.0823 e. The van der Waals surface area contributed by atoms with Gasteiger partial charge in [0.15, 0.2) is 0 Å². The molecule has 2 rings (SSSR count). The quantitative estimate of drug-likeness (QED) is 0.876. The molecule has 0 saturated heterocycles. The molecule has 3 atom stereocenters. The Bertz CT molecular complexity index is 438. The van der Waals surface area contributed by atoms with Gasteiger partial charge in [-0.25, -0.2) is 0 Å². The largest absolute Gasteiger partial charge is 0.388 e. The van der Waals surface area contributed by atoms with Crippen LogP contribution < -0.4 is 0 Å². The number of rotatable bonds is 5. The Kier molecular flexibility index (Phi) is 5.25. The zero-order valence-corrected chi connectivity index (χ0v) is 13.5. The average molecular weight is 278 g/mol. The molecular formula is C17H30N2O. The Balaban J connectivity index is 2.39. The fourth-order valence-corrected chi connectivity index (χ4v) is 3.66. The number of nitrogens with zero attached hydrogens (tertiary/aromatic N) is 2. The summed E-state index contributed by atoms with van der Waals surface area (Å²) in [5.74, 6) is 0.798. The van der Waals surface area contributed by atoms with E-state index in [2.05, 4.69) is 25.5 Å². The van der Waals surface area contributed by atoms with Crippen molar-refractivity contribution in [3.63, 3.8) is 0 Å². The van der Waals surface area contributed by atoms with Crippen molar-refractivity contribution in [3.8, 4) is 0 Å². The van der Waals surface area contributed by atoms with Crippen molar-refractivity contribution in [1.29, 1.82) is 0 Å². The monoisotopic (exact) mass is 278 g/mol. The molecule has 1 heterocycles. The van der Waals surface area contributed by atoms with Crippen LogP contribution in [0.15, 0.2) is 0 Å². The third kappa shape index (κ3) is 2.93. The summed E-state index contributed by atoms with van der Waals surface area (Å²) in [5.41, 5.74) is 3.50. The molecule has 1 aromatic rings. The maximum atomic E-state index is 10.4. The van der Waals surface area contributed by atoms with Gasteiger partial charge in [0.1, 0.15) is 0 Å². The number of aliphatic hydroxyl groups is 1. The molecule has 0 aromatic carbocycles. The summed E-state index contributed by atoms with van der Waals surface area (Å²) in [6.07, 6.45) is 7.43. The van der Waals surface area contributed by atoms with Crippen LogP contribution in [0.1, 0.15) is 88.9 Å². The molecule has 3 unspecified atom stereocenters. The predicted octanol–water partition coefficient (Wildman–Crippen LogP) is 4.20. The van der Waals surface area contributed by atoms with Gasteiger partial charge in [0.2, 0.25) is 0 Å². The van der Waals surface area contributed by atoms with E-state index in [1.807, 2.05) is 6.92 Å². The van der Waals surface area contributed by atoms with E-state index in [9.17, 15) is 5.11 Å². The fraction of sp³-hybridized carbons (Fsp3) is 0.824. The first kappa shape index (κ1) is 15.6. The second kappa shape index (κ2) is 6.75. The molecule has 0 spiro atoms. The maximum Gasteiger partial charge on any atom is 0.0823 e. The first-order valence-corrected chi connectivity index (χ1v) is 8.40. The highest BCUT2D eigenvalue weighted by atomic mass is 16.3. The standard InChI is InChI=1S/C17H30N2O/c1-5-14-17(16(20)7-3)15(6-2)19(18-14)13-10-8-9-12(4)11-13/h12-13,16,20H,5-11H2,1-4H3. The van der Waals surface area contributed by atoms with Crippen LogP contribution in [0.3, 0.4) is 0 Å². The molecule has 0 radical (unpaired) electrons. The highest BCUT2D eigenvalue weighted by Gasteiger charge is 2.27. The number of hydrogen-bond acceptors (Lipinski definition) is 2. The zero-order valence-electron chi connectivity index (χ0n) is 13.5. The van der Waals surface area contributed by atoms with Gasteiger partial charge in [0.05, 0.1) is 17.8 Å². The number of aromatic nitrogens is 2. The van der Waals surface area contributed by atoms with Gasteiger partial charge < -0.3 is 5.11 Å². The number of aliphatic hydroxyl groups excluding tert-OH is 1. The van der Waals surface area contributed by atoms with Crippen molar-refractivity contribution < 1.29 is 5.11 Å². The highest BCUT2D eigenvalue weighted by Crippen LogP contribution is 2.35. The second-order valence-electron chi connectivity index (χ2n) is 6.31. The zero-order chi connectivity index (χ0) is 14.7. The number of hydrogen-bond donors (Lipinski definition) is 1. The first-order valence-electron chi connectivity index (χ1n) is 8.40. The van der Waals surface area contributed by atoms with Gasteiger partial charge in [-0.15, -0.1) is 0 Å². The number of aryl methyl sites for hydroxylation is 1. The van der Waals surface area contributed by atoms with Crippen LogP contribution in [0, 0.1) is 5.92 Å². The molecule has 3 nitrogen and oxygen atoms in total. The van der Waals surface area contributed by atoms with Gasteiger partial charge in [0.25, 0.3) is 0 Å². The lowest BCUT2D eigenvalue weighted by Crippen LogP contribution is -2.20. The molecule has 1 aliphatic rings. The van der Waals surface area contributed by atoms with Crippen LogP contribution in [0.25, 0.3) is 0 Å². The van der Waals surface area contributed by atoms with E-state index in [1.54, 1.807) is 0 Å². The van der Waals surface area contributed by atoms with Crippen molar-refractivity contribution in [1.82, 2.24) is 9.78 Å². The van der Waals surface area contributed by atoms with Crippen LogP contribution in [0.2, 0.25) is 0 Å². The molecule has 1 fully saturated rings. The van der Waals surface area contributed by atoms with Gasteiger partial charge in [-0.1, -0.05) is 40.5 Å². The Morgan fingerprint density at radius 2 is 2.00 bits per heavy atom. The van der Waals surface area contributed by atoms with Crippen molar-refractivity contribution in [3.05, 3.63) is 17.0 Å². The molecule has 0 aliphatic heterocycles. The van der Waals surface area contributed by atoms with E-state index in [-0.39, 0.29) is 6.10 Å². The minimum absolute atomic E-state index is 0.352. The summed E-state index contributed by atoms with van der Waals surface area (Å²) in [7, 11) is 0. The van der Waals surface area contributed by atoms with Crippen molar-refractivity contribution in [2.45, 2.75) is 84.8 Å². The first-order chi connectivity index (χ1) is 9.62. The summed E-state index contributed by atoms with van der Waals surface area (Å²) in [6, 6.07) is 0.539. The summed E-state index contributed by atoms with van der Waals surface area (Å²) < 4.78 is 2.27. The molecule has 1 N–H and O–H groups in total. The molecule has 20 heavy (non-hydrogen) atoms. The molecule has 1 saturated carbocycles. The Morgan fingerprint density at radius 3 is 2.55 bits per heavy atom. The van der Waals surface area contributed by atoms with Crippen molar-refractivity contribution in [2.75, 3.05) is 0 Å². The lowest BCUT2D eigenvalue weighted by atomic mass is 9.87. The Labute approximate surface area is 123 Å². The molecule has 0 amide bonds. The lowest BCUT2D eigenvalue weighted by molar-refractivity contribution is 0.171. The van der Waals surface area contributed by atoms with Gasteiger partial charge in [-0.05, 0) is 38.0 Å². The van der Waals surface area contributed by atoms with E-state index in [4.69, 9.17) is 5.10 Å². The normalized spacial score (nSPS) is 24.9. The lowest BCUT2D eigenvalue weighted by Gasteiger charge is -2.28. The Hall–Kier alpha value is -0.830. The van der Waals surface area contributed by atoms with E-state index in [0.29, 0.717) is 6.04 Å². The van der Waals surface area contributed by atoms with Crippen molar-refractivity contribution in [2.24, 2.45) is 5.92 Å². The predicted molar refractivity (Wildman–Crippen MR) is 82.9 cm³/mol. The Morgan fingerprint density at radius 1 is 1.25 bits per heavy atom. The average Bonchev–Trinajstić information content (AvgIpc) is 2.85. The SMILES string of the molecule is CCc1nn(C2CCCC(C)C2)c(CC)c1C(O)CC. The summed E-state index contributed by atoms with van der Waals surface area (Å²) in [6.45, 7) is 8.72. The van der Waals surface area contributed by atoms with Crippen LogP contribution in [0.4, 0.5) is 0 Å². The molecule has 3 heteroatoms. The molecule has 0 bridgehead atoms. The minimum Gasteiger partial charge on any atom is -0.388 e. The van der Waals surface area contributed by atoms with E-state index >= 15 is 0 Å². The van der Waals surface area contributed by atoms with E-state index in [0.717, 1.165) is 36.4 Å². The van der Waals surface area contributed by atoms with Crippen LogP contribution in [0.5, 0.6) is 0 Å². The van der Waals surface area contributed by atoms with Crippen LogP contribution in [-0.2, 0) is 12.8 Å². The van der Waals surface area contributed by atoms with Gasteiger partial charge >= 0.3 is 0 Å². The molecular weight excluding hydrogens is 248 g/mol. The minimum atomic E-state index is -0.352. The van der Waals surface area contributed by atoms with Gasteiger partial charge in [-0.3, -0.25) is 4.68 Å². The third-order valence-electron chi connectivity index (χ3n) is 4.77. The summed E-state index contributed by atoms with van der Waals surface area (Å²) in [5, 5.41) is 15.2. The van der Waals surface area contributed by atoms with Crippen molar-refractivity contribution >= 4 is 0 Å². The fourth-order valence-electron chi connectivity index (χ4n) is 3.66. The molecule has 1 aliphatic carbocycles. The summed E-state index contributed by atoms with van der Waals surface area (Å²) in [4.78, 5) is 0. The molecule has 114 valence electrons. The maximum absolute atomic E-state index is 10.4. The van der Waals surface area contributed by atoms with E-state index in [1.165, 1.54) is 31.4 Å². The van der Waals surface area contributed by atoms with Gasteiger partial charge in [0, 0.05) is 11.3 Å².